The first-order valence-electron chi connectivity index (χ1n) is 9.11. The fourth-order valence-electron chi connectivity index (χ4n) is 2.87. The number of aromatic nitrogens is 2. The molecule has 1 heterocycles. The molecular weight excluding hydrogens is 397 g/mol. The van der Waals surface area contributed by atoms with Crippen molar-refractivity contribution in [2.45, 2.75) is 12.7 Å². The Bertz CT molecular complexity index is 1020. The van der Waals surface area contributed by atoms with Gasteiger partial charge in [0.05, 0.1) is 24.9 Å². The van der Waals surface area contributed by atoms with Crippen molar-refractivity contribution in [2.75, 3.05) is 26.0 Å². The second-order valence-corrected chi connectivity index (χ2v) is 6.61. The molecule has 3 rings (SSSR count). The quantitative estimate of drug-likeness (QED) is 0.631. The van der Waals surface area contributed by atoms with E-state index in [0.29, 0.717) is 18.1 Å². The van der Waals surface area contributed by atoms with Crippen LogP contribution in [-0.4, -0.2) is 41.3 Å². The van der Waals surface area contributed by atoms with E-state index >= 15 is 0 Å². The zero-order valence-corrected chi connectivity index (χ0v) is 16.5. The maximum absolute atomic E-state index is 12.9. The number of methoxy groups -OCH3 is 1. The van der Waals surface area contributed by atoms with Crippen LogP contribution in [0.5, 0.6) is 5.75 Å². The lowest BCUT2D eigenvalue weighted by atomic mass is 10.2. The molecule has 6 nitrogen and oxygen atoms in total. The molecular formula is C21H21F3N4O2. The third-order valence-electron chi connectivity index (χ3n) is 4.47. The van der Waals surface area contributed by atoms with E-state index in [4.69, 9.17) is 4.74 Å². The van der Waals surface area contributed by atoms with E-state index in [0.717, 1.165) is 17.7 Å². The number of halogens is 3. The minimum absolute atomic E-state index is 0.00868. The molecule has 0 atom stereocenters. The van der Waals surface area contributed by atoms with Crippen molar-refractivity contribution in [3.8, 4) is 11.4 Å². The van der Waals surface area contributed by atoms with Crippen molar-refractivity contribution in [1.29, 1.82) is 0 Å². The number of carbonyl (C=O) groups excluding carboxylic acids is 1. The number of nitrogens with one attached hydrogen (secondary N) is 1. The zero-order valence-electron chi connectivity index (χ0n) is 16.5. The van der Waals surface area contributed by atoms with Gasteiger partial charge in [0.15, 0.2) is 0 Å². The molecule has 0 fully saturated rings. The highest BCUT2D eigenvalue weighted by atomic mass is 19.4. The molecule has 0 spiro atoms. The van der Waals surface area contributed by atoms with Gasteiger partial charge in [-0.2, -0.15) is 18.3 Å². The Morgan fingerprint density at radius 2 is 1.93 bits per heavy atom. The lowest BCUT2D eigenvalue weighted by Crippen LogP contribution is -2.32. The smallest absolute Gasteiger partial charge is 0.416 e. The van der Waals surface area contributed by atoms with Crippen LogP contribution in [0, 0.1) is 0 Å². The second kappa shape index (κ2) is 8.89. The number of rotatable bonds is 7. The van der Waals surface area contributed by atoms with Gasteiger partial charge in [-0.15, -0.1) is 0 Å². The number of benzene rings is 2. The van der Waals surface area contributed by atoms with Crippen LogP contribution >= 0.6 is 0 Å². The molecule has 158 valence electrons. The van der Waals surface area contributed by atoms with Gasteiger partial charge >= 0.3 is 6.18 Å². The van der Waals surface area contributed by atoms with Crippen LogP contribution < -0.4 is 10.1 Å². The van der Waals surface area contributed by atoms with E-state index in [1.54, 1.807) is 25.1 Å². The summed E-state index contributed by atoms with van der Waals surface area (Å²) in [5.74, 6) is 0.908. The monoisotopic (exact) mass is 418 g/mol. The van der Waals surface area contributed by atoms with Crippen molar-refractivity contribution in [3.05, 3.63) is 71.9 Å². The van der Waals surface area contributed by atoms with E-state index in [-0.39, 0.29) is 18.1 Å². The first-order valence-corrected chi connectivity index (χ1v) is 9.11. The molecule has 0 aliphatic rings. The fraction of sp³-hybridized carbons (Fsp3) is 0.238. The topological polar surface area (TPSA) is 59.4 Å². The van der Waals surface area contributed by atoms with E-state index in [2.05, 4.69) is 10.4 Å². The summed E-state index contributed by atoms with van der Waals surface area (Å²) in [5.41, 5.74) is 0.403. The van der Waals surface area contributed by atoms with Crippen LogP contribution in [0.4, 0.5) is 19.0 Å². The molecule has 0 bridgehead atoms. The summed E-state index contributed by atoms with van der Waals surface area (Å²) >= 11 is 0. The third kappa shape index (κ3) is 5.11. The summed E-state index contributed by atoms with van der Waals surface area (Å²) in [5, 5.41) is 7.09. The number of alkyl halides is 3. The number of para-hydroxylation sites is 1. The average molecular weight is 418 g/mol. The van der Waals surface area contributed by atoms with Crippen LogP contribution in [0.25, 0.3) is 5.69 Å². The van der Waals surface area contributed by atoms with Gasteiger partial charge in [-0.3, -0.25) is 4.79 Å². The van der Waals surface area contributed by atoms with Crippen molar-refractivity contribution >= 4 is 11.7 Å². The van der Waals surface area contributed by atoms with Crippen LogP contribution in [0.2, 0.25) is 0 Å². The summed E-state index contributed by atoms with van der Waals surface area (Å²) in [7, 11) is 3.25. The van der Waals surface area contributed by atoms with Gasteiger partial charge < -0.3 is 15.0 Å². The molecule has 3 aromatic rings. The molecule has 1 N–H and O–H groups in total. The highest BCUT2D eigenvalue weighted by molar-refractivity contribution is 5.80. The molecule has 0 aliphatic carbocycles. The number of hydrogen-bond donors (Lipinski definition) is 1. The van der Waals surface area contributed by atoms with Gasteiger partial charge in [-0.1, -0.05) is 24.3 Å². The van der Waals surface area contributed by atoms with E-state index < -0.39 is 11.7 Å². The summed E-state index contributed by atoms with van der Waals surface area (Å²) < 4.78 is 45.3. The van der Waals surface area contributed by atoms with Gasteiger partial charge in [-0.05, 0) is 24.3 Å². The molecule has 1 aromatic heterocycles. The molecule has 0 radical (unpaired) electrons. The Kier molecular flexibility index (Phi) is 6.29. The van der Waals surface area contributed by atoms with Gasteiger partial charge in [0, 0.05) is 31.4 Å². The van der Waals surface area contributed by atoms with Gasteiger partial charge in [0.2, 0.25) is 5.91 Å². The summed E-state index contributed by atoms with van der Waals surface area (Å²) in [6.45, 7) is 0.369. The first-order chi connectivity index (χ1) is 14.3. The van der Waals surface area contributed by atoms with Crippen LogP contribution in [-0.2, 0) is 17.5 Å². The van der Waals surface area contributed by atoms with Gasteiger partial charge in [-0.25, -0.2) is 4.68 Å². The second-order valence-electron chi connectivity index (χ2n) is 6.61. The Labute approximate surface area is 171 Å². The summed E-state index contributed by atoms with van der Waals surface area (Å²) in [4.78, 5) is 14.0. The van der Waals surface area contributed by atoms with E-state index in [1.807, 2.05) is 24.3 Å². The Morgan fingerprint density at radius 3 is 2.67 bits per heavy atom. The molecule has 0 aliphatic heterocycles. The highest BCUT2D eigenvalue weighted by Crippen LogP contribution is 2.30. The Hall–Kier alpha value is -3.49. The predicted molar refractivity (Wildman–Crippen MR) is 107 cm³/mol. The maximum atomic E-state index is 12.9. The number of hydrogen-bond acceptors (Lipinski definition) is 4. The van der Waals surface area contributed by atoms with E-state index in [9.17, 15) is 18.0 Å². The summed E-state index contributed by atoms with van der Waals surface area (Å²) in [6.07, 6.45) is -2.90. The Balaban J connectivity index is 1.61. The lowest BCUT2D eigenvalue weighted by molar-refractivity contribution is -0.137. The number of anilines is 1. The SMILES string of the molecule is COc1ccccc1CN(C)C(=O)CNc1ccn(-c2cccc(C(F)(F)F)c2)n1. The van der Waals surface area contributed by atoms with Crippen molar-refractivity contribution < 1.29 is 22.7 Å². The minimum Gasteiger partial charge on any atom is -0.496 e. The average Bonchev–Trinajstić information content (AvgIpc) is 3.21. The number of nitrogens with zero attached hydrogens (tertiary/aromatic N) is 3. The standard InChI is InChI=1S/C21H21F3N4O2/c1-27(14-15-6-3-4-9-18(15)30-2)20(29)13-25-19-10-11-28(26-19)17-8-5-7-16(12-17)21(22,23)24/h3-12H,13-14H2,1-2H3,(H,25,26). The van der Waals surface area contributed by atoms with E-state index in [1.165, 1.54) is 23.0 Å². The molecule has 2 aromatic carbocycles. The fourth-order valence-corrected chi connectivity index (χ4v) is 2.87. The van der Waals surface area contributed by atoms with Crippen molar-refractivity contribution in [3.63, 3.8) is 0 Å². The molecule has 0 saturated heterocycles. The minimum atomic E-state index is -4.43. The Morgan fingerprint density at radius 1 is 1.17 bits per heavy atom. The van der Waals surface area contributed by atoms with Gasteiger partial charge in [0.25, 0.3) is 0 Å². The van der Waals surface area contributed by atoms with Crippen LogP contribution in [0.15, 0.2) is 60.8 Å². The largest absolute Gasteiger partial charge is 0.496 e. The molecule has 0 unspecified atom stereocenters. The molecule has 0 saturated carbocycles. The van der Waals surface area contributed by atoms with Crippen LogP contribution in [0.3, 0.4) is 0 Å². The number of amides is 1. The van der Waals surface area contributed by atoms with Crippen molar-refractivity contribution in [2.24, 2.45) is 0 Å². The first kappa shape index (κ1) is 21.2. The van der Waals surface area contributed by atoms with Crippen LogP contribution in [0.1, 0.15) is 11.1 Å². The maximum Gasteiger partial charge on any atom is 0.416 e. The normalized spacial score (nSPS) is 11.2. The number of likely N-dealkylation sites (N-methyl/N-ethyl adjacent to an activating group) is 1. The zero-order chi connectivity index (χ0) is 21.7. The third-order valence-corrected chi connectivity index (χ3v) is 4.47. The highest BCUT2D eigenvalue weighted by Gasteiger charge is 2.30. The molecule has 9 heteroatoms. The molecule has 1 amide bonds. The summed E-state index contributed by atoms with van der Waals surface area (Å²) in [6, 6.07) is 13.9. The molecule has 30 heavy (non-hydrogen) atoms. The number of carbonyl (C=O) groups is 1. The van der Waals surface area contributed by atoms with Crippen molar-refractivity contribution in [1.82, 2.24) is 14.7 Å². The van der Waals surface area contributed by atoms with Gasteiger partial charge in [0.1, 0.15) is 11.6 Å². The predicted octanol–water partition coefficient (Wildman–Crippen LogP) is 3.97. The lowest BCUT2D eigenvalue weighted by Gasteiger charge is -2.19. The number of ether oxygens (including phenoxy) is 1.